The van der Waals surface area contributed by atoms with Crippen LogP contribution in [0.3, 0.4) is 0 Å². The molecular formula is C20H24N2O4S. The minimum Gasteiger partial charge on any atom is -0.455 e. The lowest BCUT2D eigenvalue weighted by atomic mass is 9.97. The van der Waals surface area contributed by atoms with Gasteiger partial charge in [-0.3, -0.25) is 4.79 Å². The largest absolute Gasteiger partial charge is 0.455 e. The molecule has 27 heavy (non-hydrogen) atoms. The Morgan fingerprint density at radius 2 is 1.70 bits per heavy atom. The van der Waals surface area contributed by atoms with Crippen LogP contribution in [0.15, 0.2) is 48.5 Å². The van der Waals surface area contributed by atoms with Crippen LogP contribution in [0.4, 0.5) is 5.69 Å². The Bertz CT molecular complexity index is 902. The predicted octanol–water partition coefficient (Wildman–Crippen LogP) is 3.40. The molecule has 0 spiro atoms. The van der Waals surface area contributed by atoms with Gasteiger partial charge in [0.2, 0.25) is 15.9 Å². The maximum Gasteiger partial charge on any atom is 0.227 e. The van der Waals surface area contributed by atoms with Gasteiger partial charge in [0.25, 0.3) is 0 Å². The third-order valence-electron chi connectivity index (χ3n) is 4.69. The van der Waals surface area contributed by atoms with E-state index in [-0.39, 0.29) is 11.8 Å². The number of para-hydroxylation sites is 2. The van der Waals surface area contributed by atoms with Gasteiger partial charge < -0.3 is 10.1 Å². The number of nitrogens with zero attached hydrogens (tertiary/aromatic N) is 1. The van der Waals surface area contributed by atoms with Crippen molar-refractivity contribution in [2.24, 2.45) is 5.92 Å². The van der Waals surface area contributed by atoms with Crippen LogP contribution in [0.5, 0.6) is 11.5 Å². The lowest BCUT2D eigenvalue weighted by Crippen LogP contribution is -2.40. The van der Waals surface area contributed by atoms with E-state index >= 15 is 0 Å². The third-order valence-corrected chi connectivity index (χ3v) is 5.99. The molecule has 144 valence electrons. The monoisotopic (exact) mass is 388 g/mol. The molecule has 0 bridgehead atoms. The highest BCUT2D eigenvalue weighted by Crippen LogP contribution is 2.30. The molecule has 1 fully saturated rings. The first-order valence-electron chi connectivity index (χ1n) is 8.92. The number of hydrogen-bond donors (Lipinski definition) is 1. The molecule has 0 saturated carbocycles. The van der Waals surface area contributed by atoms with E-state index in [0.717, 1.165) is 5.56 Å². The Labute approximate surface area is 160 Å². The minimum absolute atomic E-state index is 0.108. The molecule has 1 saturated heterocycles. The fourth-order valence-corrected chi connectivity index (χ4v) is 3.95. The molecule has 3 rings (SSSR count). The lowest BCUT2D eigenvalue weighted by Gasteiger charge is -2.29. The zero-order valence-electron chi connectivity index (χ0n) is 15.5. The fraction of sp³-hybridized carbons (Fsp3) is 0.350. The second-order valence-electron chi connectivity index (χ2n) is 6.84. The smallest absolute Gasteiger partial charge is 0.227 e. The van der Waals surface area contributed by atoms with E-state index in [1.54, 1.807) is 6.07 Å². The highest BCUT2D eigenvalue weighted by molar-refractivity contribution is 7.88. The second kappa shape index (κ2) is 8.10. The number of hydrogen-bond acceptors (Lipinski definition) is 4. The molecule has 1 N–H and O–H groups in total. The van der Waals surface area contributed by atoms with Gasteiger partial charge in [-0.05, 0) is 44.0 Å². The summed E-state index contributed by atoms with van der Waals surface area (Å²) in [4.78, 5) is 12.6. The van der Waals surface area contributed by atoms with Crippen molar-refractivity contribution in [2.75, 3.05) is 24.7 Å². The standard InChI is InChI=1S/C20H24N2O4S/c1-15-7-9-17(10-8-15)26-19-6-4-3-5-18(19)21-20(23)16-11-13-22(14-12-16)27(2,24)25/h3-10,16H,11-14H2,1-2H3,(H,21,23). The van der Waals surface area contributed by atoms with Crippen LogP contribution in [-0.2, 0) is 14.8 Å². The average molecular weight is 388 g/mol. The van der Waals surface area contributed by atoms with Gasteiger partial charge in [-0.2, -0.15) is 0 Å². The number of aryl methyl sites for hydroxylation is 1. The normalized spacial score (nSPS) is 16.1. The summed E-state index contributed by atoms with van der Waals surface area (Å²) < 4.78 is 30.5. The van der Waals surface area contributed by atoms with E-state index < -0.39 is 10.0 Å². The number of piperidine rings is 1. The van der Waals surface area contributed by atoms with E-state index in [0.29, 0.717) is 43.1 Å². The van der Waals surface area contributed by atoms with Crippen molar-refractivity contribution in [3.63, 3.8) is 0 Å². The third kappa shape index (κ3) is 5.08. The lowest BCUT2D eigenvalue weighted by molar-refractivity contribution is -0.120. The number of benzene rings is 2. The Morgan fingerprint density at radius 3 is 2.33 bits per heavy atom. The maximum absolute atomic E-state index is 12.6. The van der Waals surface area contributed by atoms with Gasteiger partial charge >= 0.3 is 0 Å². The second-order valence-corrected chi connectivity index (χ2v) is 8.82. The molecule has 2 aromatic carbocycles. The van der Waals surface area contributed by atoms with Gasteiger partial charge in [0.05, 0.1) is 11.9 Å². The number of sulfonamides is 1. The number of amides is 1. The molecule has 0 aromatic heterocycles. The number of nitrogens with one attached hydrogen (secondary N) is 1. The molecule has 1 heterocycles. The predicted molar refractivity (Wildman–Crippen MR) is 105 cm³/mol. The van der Waals surface area contributed by atoms with Crippen molar-refractivity contribution < 1.29 is 17.9 Å². The van der Waals surface area contributed by atoms with Crippen molar-refractivity contribution in [3.05, 3.63) is 54.1 Å². The quantitative estimate of drug-likeness (QED) is 0.852. The van der Waals surface area contributed by atoms with Crippen LogP contribution in [0, 0.1) is 12.8 Å². The van der Waals surface area contributed by atoms with E-state index in [2.05, 4.69) is 5.32 Å². The zero-order chi connectivity index (χ0) is 19.4. The molecule has 0 unspecified atom stereocenters. The van der Waals surface area contributed by atoms with Crippen molar-refractivity contribution in [3.8, 4) is 11.5 Å². The van der Waals surface area contributed by atoms with Crippen LogP contribution in [0.2, 0.25) is 0 Å². The zero-order valence-corrected chi connectivity index (χ0v) is 16.3. The first kappa shape index (κ1) is 19.4. The van der Waals surface area contributed by atoms with Crippen LogP contribution in [0.25, 0.3) is 0 Å². The SMILES string of the molecule is Cc1ccc(Oc2ccccc2NC(=O)C2CCN(S(C)(=O)=O)CC2)cc1. The number of ether oxygens (including phenoxy) is 1. The average Bonchev–Trinajstić information content (AvgIpc) is 2.64. The first-order valence-corrected chi connectivity index (χ1v) is 10.8. The van der Waals surface area contributed by atoms with Gasteiger partial charge in [-0.15, -0.1) is 0 Å². The van der Waals surface area contributed by atoms with E-state index in [1.807, 2.05) is 49.4 Å². The molecule has 0 atom stereocenters. The molecule has 6 nitrogen and oxygen atoms in total. The van der Waals surface area contributed by atoms with Crippen LogP contribution in [0.1, 0.15) is 18.4 Å². The van der Waals surface area contributed by atoms with Gasteiger partial charge in [-0.25, -0.2) is 12.7 Å². The van der Waals surface area contributed by atoms with E-state index in [9.17, 15) is 13.2 Å². The van der Waals surface area contributed by atoms with Crippen LogP contribution in [-0.4, -0.2) is 38.0 Å². The minimum atomic E-state index is -3.20. The summed E-state index contributed by atoms with van der Waals surface area (Å²) in [6.45, 7) is 2.75. The first-order chi connectivity index (χ1) is 12.8. The number of anilines is 1. The topological polar surface area (TPSA) is 75.7 Å². The summed E-state index contributed by atoms with van der Waals surface area (Å²) >= 11 is 0. The summed E-state index contributed by atoms with van der Waals surface area (Å²) in [5, 5.41) is 2.93. The fourth-order valence-electron chi connectivity index (χ4n) is 3.08. The van der Waals surface area contributed by atoms with Crippen LogP contribution >= 0.6 is 0 Å². The summed E-state index contributed by atoms with van der Waals surface area (Å²) in [5.41, 5.74) is 1.75. The highest BCUT2D eigenvalue weighted by atomic mass is 32.2. The van der Waals surface area contributed by atoms with Crippen molar-refractivity contribution in [1.29, 1.82) is 0 Å². The molecule has 1 amide bonds. The Kier molecular flexibility index (Phi) is 5.82. The Balaban J connectivity index is 1.66. The summed E-state index contributed by atoms with van der Waals surface area (Å²) in [6.07, 6.45) is 2.23. The number of rotatable bonds is 5. The van der Waals surface area contributed by atoms with Crippen molar-refractivity contribution in [2.45, 2.75) is 19.8 Å². The molecule has 2 aromatic rings. The van der Waals surface area contributed by atoms with Crippen LogP contribution < -0.4 is 10.1 Å². The number of carbonyl (C=O) groups is 1. The van der Waals surface area contributed by atoms with Gasteiger partial charge in [-0.1, -0.05) is 29.8 Å². The molecule has 1 aliphatic heterocycles. The summed E-state index contributed by atoms with van der Waals surface area (Å²) in [6, 6.07) is 15.0. The highest BCUT2D eigenvalue weighted by Gasteiger charge is 2.29. The van der Waals surface area contributed by atoms with Gasteiger partial charge in [0, 0.05) is 19.0 Å². The molecule has 0 radical (unpaired) electrons. The Hall–Kier alpha value is -2.38. The summed E-state index contributed by atoms with van der Waals surface area (Å²) in [5.74, 6) is 0.950. The number of carbonyl (C=O) groups excluding carboxylic acids is 1. The van der Waals surface area contributed by atoms with E-state index in [4.69, 9.17) is 4.74 Å². The maximum atomic E-state index is 12.6. The van der Waals surface area contributed by atoms with E-state index in [1.165, 1.54) is 10.6 Å². The molecular weight excluding hydrogens is 364 g/mol. The van der Waals surface area contributed by atoms with Crippen molar-refractivity contribution >= 4 is 21.6 Å². The summed E-state index contributed by atoms with van der Waals surface area (Å²) in [7, 11) is -3.20. The Morgan fingerprint density at radius 1 is 1.07 bits per heavy atom. The molecule has 1 aliphatic rings. The van der Waals surface area contributed by atoms with Gasteiger partial charge in [0.1, 0.15) is 5.75 Å². The van der Waals surface area contributed by atoms with Gasteiger partial charge in [0.15, 0.2) is 5.75 Å². The van der Waals surface area contributed by atoms with Crippen molar-refractivity contribution in [1.82, 2.24) is 4.31 Å². The molecule has 7 heteroatoms. The molecule has 0 aliphatic carbocycles.